The maximum Gasteiger partial charge on any atom is 0.285 e. The minimum atomic E-state index is -0.296. The molecule has 0 bridgehead atoms. The van der Waals surface area contributed by atoms with E-state index in [0.29, 0.717) is 12.0 Å². The first kappa shape index (κ1) is 12.9. The molecule has 0 aromatic carbocycles. The fourth-order valence-electron chi connectivity index (χ4n) is 2.75. The molecule has 1 saturated carbocycles. The molecule has 0 atom stereocenters. The Morgan fingerprint density at radius 1 is 1.32 bits per heavy atom. The van der Waals surface area contributed by atoms with Crippen molar-refractivity contribution >= 4 is 17.3 Å². The van der Waals surface area contributed by atoms with Crippen molar-refractivity contribution in [1.29, 1.82) is 0 Å². The molecule has 2 fully saturated rings. The number of anilines is 1. The van der Waals surface area contributed by atoms with Crippen LogP contribution in [-0.4, -0.2) is 35.9 Å². The number of hydrogen-bond acceptors (Lipinski definition) is 4. The first-order valence-electron chi connectivity index (χ1n) is 6.96. The molecule has 1 aliphatic heterocycles. The zero-order chi connectivity index (χ0) is 13.2. The highest BCUT2D eigenvalue weighted by Gasteiger charge is 2.32. The molecule has 0 spiro atoms. The van der Waals surface area contributed by atoms with Gasteiger partial charge in [0.1, 0.15) is 5.02 Å². The van der Waals surface area contributed by atoms with Crippen LogP contribution in [0.15, 0.2) is 11.0 Å². The Balaban J connectivity index is 1.80. The number of H-pyrrole nitrogens is 1. The quantitative estimate of drug-likeness (QED) is 0.876. The summed E-state index contributed by atoms with van der Waals surface area (Å²) in [4.78, 5) is 13.9. The molecule has 0 radical (unpaired) electrons. The van der Waals surface area contributed by atoms with E-state index in [4.69, 9.17) is 11.6 Å². The van der Waals surface area contributed by atoms with E-state index in [9.17, 15) is 4.79 Å². The molecule has 1 aliphatic carbocycles. The highest BCUT2D eigenvalue weighted by Crippen LogP contribution is 2.35. The summed E-state index contributed by atoms with van der Waals surface area (Å²) < 4.78 is 0. The summed E-state index contributed by atoms with van der Waals surface area (Å²) in [6.45, 7) is 3.16. The van der Waals surface area contributed by atoms with Crippen molar-refractivity contribution in [2.75, 3.05) is 24.5 Å². The first-order valence-corrected chi connectivity index (χ1v) is 7.34. The molecule has 2 aliphatic rings. The van der Waals surface area contributed by atoms with E-state index in [1.807, 2.05) is 0 Å². The van der Waals surface area contributed by atoms with Crippen LogP contribution in [0, 0.1) is 5.92 Å². The van der Waals surface area contributed by atoms with Gasteiger partial charge in [-0.15, -0.1) is 0 Å². The zero-order valence-electron chi connectivity index (χ0n) is 10.9. The number of aromatic nitrogens is 2. The monoisotopic (exact) mass is 282 g/mol. The van der Waals surface area contributed by atoms with Crippen LogP contribution in [0.4, 0.5) is 5.69 Å². The Kier molecular flexibility index (Phi) is 3.75. The van der Waals surface area contributed by atoms with Gasteiger partial charge in [-0.25, -0.2) is 5.10 Å². The van der Waals surface area contributed by atoms with Crippen LogP contribution in [0.2, 0.25) is 5.02 Å². The molecule has 2 heterocycles. The van der Waals surface area contributed by atoms with Crippen LogP contribution in [0.25, 0.3) is 0 Å². The van der Waals surface area contributed by atoms with Gasteiger partial charge in [-0.2, -0.15) is 5.10 Å². The molecule has 5 nitrogen and oxygen atoms in total. The lowest BCUT2D eigenvalue weighted by atomic mass is 9.97. The van der Waals surface area contributed by atoms with Gasteiger partial charge in [-0.1, -0.05) is 11.6 Å². The van der Waals surface area contributed by atoms with Gasteiger partial charge in [0.2, 0.25) is 0 Å². The number of rotatable bonds is 4. The average molecular weight is 283 g/mol. The summed E-state index contributed by atoms with van der Waals surface area (Å²) in [6, 6.07) is 0.538. The van der Waals surface area contributed by atoms with E-state index in [1.165, 1.54) is 25.7 Å². The lowest BCUT2D eigenvalue weighted by Crippen LogP contribution is -2.38. The summed E-state index contributed by atoms with van der Waals surface area (Å²) in [5, 5.41) is 9.93. The maximum absolute atomic E-state index is 11.6. The summed E-state index contributed by atoms with van der Waals surface area (Å²) in [7, 11) is 0. The second-order valence-corrected chi connectivity index (χ2v) is 5.85. The van der Waals surface area contributed by atoms with E-state index in [1.54, 1.807) is 6.20 Å². The van der Waals surface area contributed by atoms with Crippen molar-refractivity contribution < 1.29 is 0 Å². The molecule has 2 N–H and O–H groups in total. The number of halogens is 1. The topological polar surface area (TPSA) is 61.0 Å². The Bertz CT molecular complexity index is 494. The minimum Gasteiger partial charge on any atom is -0.366 e. The van der Waals surface area contributed by atoms with Gasteiger partial charge in [0.05, 0.1) is 11.9 Å². The number of nitrogens with one attached hydrogen (secondary N) is 2. The third-order valence-electron chi connectivity index (χ3n) is 3.99. The van der Waals surface area contributed by atoms with Crippen molar-refractivity contribution in [1.82, 2.24) is 15.5 Å². The Morgan fingerprint density at radius 2 is 2.05 bits per heavy atom. The molecule has 3 rings (SSSR count). The smallest absolute Gasteiger partial charge is 0.285 e. The van der Waals surface area contributed by atoms with Crippen LogP contribution < -0.4 is 15.8 Å². The van der Waals surface area contributed by atoms with Crippen molar-refractivity contribution in [3.63, 3.8) is 0 Å². The van der Waals surface area contributed by atoms with Crippen molar-refractivity contribution in [3.8, 4) is 0 Å². The van der Waals surface area contributed by atoms with Gasteiger partial charge >= 0.3 is 0 Å². The van der Waals surface area contributed by atoms with Gasteiger partial charge in [0.25, 0.3) is 5.56 Å². The van der Waals surface area contributed by atoms with Crippen LogP contribution >= 0.6 is 11.6 Å². The summed E-state index contributed by atoms with van der Waals surface area (Å²) in [5.74, 6) is 0.678. The van der Waals surface area contributed by atoms with E-state index < -0.39 is 0 Å². The minimum absolute atomic E-state index is 0.274. The number of piperidine rings is 1. The second kappa shape index (κ2) is 5.51. The molecule has 6 heteroatoms. The first-order chi connectivity index (χ1) is 9.25. The fourth-order valence-corrected chi connectivity index (χ4v) is 2.95. The molecular formula is C13H19ClN4O. The Morgan fingerprint density at radius 3 is 2.74 bits per heavy atom. The van der Waals surface area contributed by atoms with Crippen LogP contribution in [-0.2, 0) is 0 Å². The molecule has 0 amide bonds. The standard InChI is InChI=1S/C13H19ClN4O/c14-12-11(7-16-17-13(12)19)18(10-1-2-10)8-9-3-5-15-6-4-9/h7,9-10,15H,1-6,8H2,(H,17,19). The highest BCUT2D eigenvalue weighted by molar-refractivity contribution is 6.33. The molecule has 104 valence electrons. The SMILES string of the molecule is O=c1[nH]ncc(N(CC2CCNCC2)C2CC2)c1Cl. The van der Waals surface area contributed by atoms with E-state index in [0.717, 1.165) is 25.3 Å². The number of hydrogen-bond donors (Lipinski definition) is 2. The predicted molar refractivity (Wildman–Crippen MR) is 75.8 cm³/mol. The van der Waals surface area contributed by atoms with Crippen molar-refractivity contribution in [2.24, 2.45) is 5.92 Å². The average Bonchev–Trinajstić information content (AvgIpc) is 3.25. The molecular weight excluding hydrogens is 264 g/mol. The molecule has 0 unspecified atom stereocenters. The van der Waals surface area contributed by atoms with Gasteiger partial charge in [0, 0.05) is 12.6 Å². The van der Waals surface area contributed by atoms with Gasteiger partial charge in [-0.3, -0.25) is 4.79 Å². The normalized spacial score (nSPS) is 20.5. The van der Waals surface area contributed by atoms with Gasteiger partial charge in [0.15, 0.2) is 0 Å². The zero-order valence-corrected chi connectivity index (χ0v) is 11.6. The van der Waals surface area contributed by atoms with E-state index in [-0.39, 0.29) is 10.6 Å². The van der Waals surface area contributed by atoms with Gasteiger partial charge < -0.3 is 10.2 Å². The van der Waals surface area contributed by atoms with Crippen molar-refractivity contribution in [3.05, 3.63) is 21.6 Å². The fraction of sp³-hybridized carbons (Fsp3) is 0.692. The third kappa shape index (κ3) is 2.92. The lowest BCUT2D eigenvalue weighted by Gasteiger charge is -2.31. The number of nitrogens with zero attached hydrogens (tertiary/aromatic N) is 2. The maximum atomic E-state index is 11.6. The van der Waals surface area contributed by atoms with Crippen LogP contribution in [0.1, 0.15) is 25.7 Å². The molecule has 19 heavy (non-hydrogen) atoms. The Hall–Kier alpha value is -1.07. The van der Waals surface area contributed by atoms with Gasteiger partial charge in [-0.05, 0) is 44.7 Å². The molecule has 1 saturated heterocycles. The van der Waals surface area contributed by atoms with Crippen LogP contribution in [0.5, 0.6) is 0 Å². The Labute approximate surface area is 117 Å². The summed E-state index contributed by atoms with van der Waals surface area (Å²) in [6.07, 6.45) is 6.44. The highest BCUT2D eigenvalue weighted by atomic mass is 35.5. The lowest BCUT2D eigenvalue weighted by molar-refractivity contribution is 0.372. The van der Waals surface area contributed by atoms with Crippen LogP contribution in [0.3, 0.4) is 0 Å². The van der Waals surface area contributed by atoms with E-state index in [2.05, 4.69) is 20.4 Å². The summed E-state index contributed by atoms with van der Waals surface area (Å²) in [5.41, 5.74) is 0.501. The molecule has 1 aromatic rings. The summed E-state index contributed by atoms with van der Waals surface area (Å²) >= 11 is 6.14. The second-order valence-electron chi connectivity index (χ2n) is 5.48. The number of aromatic amines is 1. The van der Waals surface area contributed by atoms with E-state index >= 15 is 0 Å². The molecule has 1 aromatic heterocycles. The third-order valence-corrected chi connectivity index (χ3v) is 4.35. The predicted octanol–water partition coefficient (Wildman–Crippen LogP) is 1.39. The largest absolute Gasteiger partial charge is 0.366 e. The van der Waals surface area contributed by atoms with Crippen molar-refractivity contribution in [2.45, 2.75) is 31.7 Å².